The zero-order chi connectivity index (χ0) is 15.9. The van der Waals surface area contributed by atoms with E-state index < -0.39 is 42.9 Å². The minimum Gasteiger partial charge on any atom is -0.331 e. The molecule has 1 N–H and O–H groups in total. The molecule has 0 atom stereocenters. The number of hydrogen-bond donors (Lipinski definition) is 1. The molecule has 19 heavy (non-hydrogen) atoms. The molecule has 0 unspecified atom stereocenters. The molecule has 0 fully saturated rings. The Kier molecular flexibility index (Phi) is 4.43. The lowest BCUT2D eigenvalue weighted by molar-refractivity contribution is -0.418. The number of rotatable bonds is 5. The van der Waals surface area contributed by atoms with Gasteiger partial charge in [-0.05, 0) is 0 Å². The smallest absolute Gasteiger partial charge is 0.331 e. The summed E-state index contributed by atoms with van der Waals surface area (Å²) in [5, 5.41) is 7.45. The highest BCUT2D eigenvalue weighted by Gasteiger charge is 2.80. The molecule has 0 aromatic heterocycles. The van der Waals surface area contributed by atoms with Gasteiger partial charge in [0.05, 0.1) is 0 Å². The molecule has 0 heterocycles. The SMILES string of the molecule is OC(F)(F)C(F)(F)C(F)(F)C(F)(F)CCC(F)(F)F. The Morgan fingerprint density at radius 2 is 0.947 bits per heavy atom. The van der Waals surface area contributed by atoms with E-state index in [1.165, 1.54) is 0 Å². The van der Waals surface area contributed by atoms with Crippen LogP contribution in [-0.4, -0.2) is 35.2 Å². The number of hydrogen-bond acceptors (Lipinski definition) is 1. The van der Waals surface area contributed by atoms with Crippen molar-refractivity contribution in [2.75, 3.05) is 0 Å². The quantitative estimate of drug-likeness (QED) is 0.765. The topological polar surface area (TPSA) is 20.2 Å². The molecule has 0 saturated heterocycles. The van der Waals surface area contributed by atoms with Crippen molar-refractivity contribution in [1.29, 1.82) is 0 Å². The molecule has 0 aliphatic heterocycles. The number of aliphatic hydroxyl groups is 1. The zero-order valence-corrected chi connectivity index (χ0v) is 8.52. The molecule has 0 aliphatic rings. The Hall–Kier alpha value is -0.810. The second-order valence-corrected chi connectivity index (χ2v) is 3.51. The van der Waals surface area contributed by atoms with Crippen molar-refractivity contribution in [3.8, 4) is 0 Å². The summed E-state index contributed by atoms with van der Waals surface area (Å²) >= 11 is 0. The van der Waals surface area contributed by atoms with Gasteiger partial charge in [-0.1, -0.05) is 0 Å². The van der Waals surface area contributed by atoms with Gasteiger partial charge >= 0.3 is 30.1 Å². The minimum absolute atomic E-state index is 2.59. The average molecular weight is 314 g/mol. The highest BCUT2D eigenvalue weighted by atomic mass is 19.4. The number of halogens is 11. The summed E-state index contributed by atoms with van der Waals surface area (Å²) in [5.41, 5.74) is 0. The van der Waals surface area contributed by atoms with E-state index in [9.17, 15) is 48.3 Å². The molecule has 0 bridgehead atoms. The molecular formula is C7H5F11O. The van der Waals surface area contributed by atoms with E-state index in [4.69, 9.17) is 5.11 Å². The second kappa shape index (κ2) is 4.63. The van der Waals surface area contributed by atoms with Gasteiger partial charge in [0, 0.05) is 12.8 Å². The van der Waals surface area contributed by atoms with E-state index in [0.29, 0.717) is 0 Å². The summed E-state index contributed by atoms with van der Waals surface area (Å²) in [6.45, 7) is 0. The van der Waals surface area contributed by atoms with Gasteiger partial charge < -0.3 is 5.11 Å². The first kappa shape index (κ1) is 18.2. The molecule has 116 valence electrons. The normalized spacial score (nSPS) is 15.8. The van der Waals surface area contributed by atoms with Crippen molar-refractivity contribution in [2.45, 2.75) is 42.9 Å². The first-order chi connectivity index (χ1) is 7.96. The summed E-state index contributed by atoms with van der Waals surface area (Å²) in [6, 6.07) is 0. The van der Waals surface area contributed by atoms with E-state index in [0.717, 1.165) is 0 Å². The second-order valence-electron chi connectivity index (χ2n) is 3.51. The summed E-state index contributed by atoms with van der Waals surface area (Å²) in [4.78, 5) is 0. The maximum absolute atomic E-state index is 12.6. The van der Waals surface area contributed by atoms with Crippen LogP contribution in [0, 0.1) is 0 Å². The van der Waals surface area contributed by atoms with Crippen LogP contribution in [0.4, 0.5) is 48.3 Å². The third kappa shape index (κ3) is 3.60. The Morgan fingerprint density at radius 1 is 0.579 bits per heavy atom. The lowest BCUT2D eigenvalue weighted by Crippen LogP contribution is -2.62. The fourth-order valence-electron chi connectivity index (χ4n) is 0.874. The molecule has 12 heteroatoms. The van der Waals surface area contributed by atoms with Gasteiger partial charge in [0.25, 0.3) is 0 Å². The summed E-state index contributed by atoms with van der Waals surface area (Å²) < 4.78 is 133. The van der Waals surface area contributed by atoms with Gasteiger partial charge in [0.1, 0.15) is 0 Å². The van der Waals surface area contributed by atoms with Crippen LogP contribution in [0.25, 0.3) is 0 Å². The van der Waals surface area contributed by atoms with Crippen molar-refractivity contribution < 1.29 is 53.4 Å². The lowest BCUT2D eigenvalue weighted by atomic mass is 9.99. The molecule has 0 aromatic carbocycles. The molecule has 0 rings (SSSR count). The standard InChI is InChI=1S/C7H5F11O/c8-3(9,1-2-4(10,11)12)5(13,14)6(15,16)7(17,18)19/h19H,1-2H2. The molecular weight excluding hydrogens is 309 g/mol. The highest BCUT2D eigenvalue weighted by molar-refractivity contribution is 5.00. The largest absolute Gasteiger partial charge is 0.423 e. The van der Waals surface area contributed by atoms with E-state index in [2.05, 4.69) is 0 Å². The Bertz CT molecular complexity index is 312. The van der Waals surface area contributed by atoms with Gasteiger partial charge in [-0.3, -0.25) is 0 Å². The Balaban J connectivity index is 5.28. The molecule has 0 aromatic rings. The van der Waals surface area contributed by atoms with Crippen molar-refractivity contribution in [1.82, 2.24) is 0 Å². The van der Waals surface area contributed by atoms with Gasteiger partial charge in [-0.25, -0.2) is 0 Å². The molecule has 0 amide bonds. The van der Waals surface area contributed by atoms with Gasteiger partial charge in [-0.2, -0.15) is 48.3 Å². The minimum atomic E-state index is -6.94. The summed E-state index contributed by atoms with van der Waals surface area (Å²) in [5.74, 6) is -19.9. The van der Waals surface area contributed by atoms with E-state index in [-0.39, 0.29) is 0 Å². The molecule has 0 spiro atoms. The molecule has 0 aliphatic carbocycles. The van der Waals surface area contributed by atoms with Crippen LogP contribution in [0.15, 0.2) is 0 Å². The van der Waals surface area contributed by atoms with E-state index >= 15 is 0 Å². The monoisotopic (exact) mass is 314 g/mol. The van der Waals surface area contributed by atoms with Crippen LogP contribution in [0.5, 0.6) is 0 Å². The first-order valence-corrected chi connectivity index (χ1v) is 4.26. The third-order valence-electron chi connectivity index (χ3n) is 1.95. The zero-order valence-electron chi connectivity index (χ0n) is 8.52. The van der Waals surface area contributed by atoms with E-state index in [1.807, 2.05) is 0 Å². The molecule has 0 radical (unpaired) electrons. The maximum Gasteiger partial charge on any atom is 0.423 e. The van der Waals surface area contributed by atoms with Crippen LogP contribution in [0.3, 0.4) is 0 Å². The third-order valence-corrected chi connectivity index (χ3v) is 1.95. The summed E-state index contributed by atoms with van der Waals surface area (Å²) in [7, 11) is 0. The van der Waals surface area contributed by atoms with Crippen LogP contribution >= 0.6 is 0 Å². The first-order valence-electron chi connectivity index (χ1n) is 4.26. The van der Waals surface area contributed by atoms with Gasteiger partial charge in [0.2, 0.25) is 0 Å². The number of alkyl halides is 11. The van der Waals surface area contributed by atoms with Crippen molar-refractivity contribution in [3.05, 3.63) is 0 Å². The van der Waals surface area contributed by atoms with Crippen LogP contribution in [0.2, 0.25) is 0 Å². The van der Waals surface area contributed by atoms with Crippen molar-refractivity contribution >= 4 is 0 Å². The Morgan fingerprint density at radius 3 is 1.21 bits per heavy atom. The molecule has 1 nitrogen and oxygen atoms in total. The van der Waals surface area contributed by atoms with E-state index in [1.54, 1.807) is 0 Å². The summed E-state index contributed by atoms with van der Waals surface area (Å²) in [6.07, 6.45) is -17.3. The Labute approximate surface area is 97.5 Å². The van der Waals surface area contributed by atoms with Crippen molar-refractivity contribution in [3.63, 3.8) is 0 Å². The lowest BCUT2D eigenvalue weighted by Gasteiger charge is -2.34. The predicted molar refractivity (Wildman–Crippen MR) is 37.3 cm³/mol. The average Bonchev–Trinajstić information content (AvgIpc) is 2.11. The van der Waals surface area contributed by atoms with Crippen molar-refractivity contribution in [2.24, 2.45) is 0 Å². The van der Waals surface area contributed by atoms with Crippen LogP contribution in [-0.2, 0) is 0 Å². The molecule has 0 saturated carbocycles. The predicted octanol–water partition coefficient (Wildman–Crippen LogP) is 3.82. The van der Waals surface area contributed by atoms with Gasteiger partial charge in [0.15, 0.2) is 0 Å². The fourth-order valence-corrected chi connectivity index (χ4v) is 0.874. The maximum atomic E-state index is 12.6. The van der Waals surface area contributed by atoms with Gasteiger partial charge in [-0.15, -0.1) is 0 Å². The van der Waals surface area contributed by atoms with Crippen LogP contribution < -0.4 is 0 Å². The fraction of sp³-hybridized carbons (Fsp3) is 1.00. The van der Waals surface area contributed by atoms with Crippen LogP contribution in [0.1, 0.15) is 12.8 Å². The highest BCUT2D eigenvalue weighted by Crippen LogP contribution is 2.53.